The van der Waals surface area contributed by atoms with Crippen molar-refractivity contribution in [1.29, 1.82) is 0 Å². The molecule has 2 fully saturated rings. The normalized spacial score (nSPS) is 34.6. The van der Waals surface area contributed by atoms with Crippen LogP contribution in [0.2, 0.25) is 0 Å². The molecule has 156 valence electrons. The summed E-state index contributed by atoms with van der Waals surface area (Å²) in [6.45, 7) is 1.38. The van der Waals surface area contributed by atoms with Crippen molar-refractivity contribution >= 4 is 49.6 Å². The van der Waals surface area contributed by atoms with Crippen LogP contribution in [-0.2, 0) is 9.47 Å². The minimum atomic E-state index is 0. The van der Waals surface area contributed by atoms with E-state index in [1.807, 2.05) is 0 Å². The van der Waals surface area contributed by atoms with E-state index in [0.717, 1.165) is 44.9 Å². The first-order valence-corrected chi connectivity index (χ1v) is 8.31. The molecule has 0 aromatic heterocycles. The van der Waals surface area contributed by atoms with Gasteiger partial charge in [0.1, 0.15) is 0 Å². The van der Waals surface area contributed by atoms with Gasteiger partial charge in [0.25, 0.3) is 0 Å². The Morgan fingerprint density at radius 2 is 0.960 bits per heavy atom. The molecule has 0 radical (unpaired) electrons. The molecule has 2 aliphatic carbocycles. The fourth-order valence-electron chi connectivity index (χ4n) is 3.37. The van der Waals surface area contributed by atoms with Crippen LogP contribution in [0.3, 0.4) is 0 Å². The molecule has 0 aliphatic heterocycles. The van der Waals surface area contributed by atoms with E-state index in [1.54, 1.807) is 0 Å². The maximum Gasteiger partial charge on any atom is 0.0727 e. The predicted molar refractivity (Wildman–Crippen MR) is 113 cm³/mol. The van der Waals surface area contributed by atoms with Crippen molar-refractivity contribution in [2.75, 3.05) is 13.2 Å². The van der Waals surface area contributed by atoms with Crippen LogP contribution < -0.4 is 22.9 Å². The van der Waals surface area contributed by atoms with Crippen LogP contribution in [0.1, 0.15) is 44.9 Å². The van der Waals surface area contributed by atoms with Gasteiger partial charge in [-0.05, 0) is 44.9 Å². The summed E-state index contributed by atoms with van der Waals surface area (Å²) in [5.74, 6) is 0. The molecule has 25 heavy (non-hydrogen) atoms. The van der Waals surface area contributed by atoms with Crippen LogP contribution in [0.4, 0.5) is 0 Å². The standard InChI is InChI=1S/C15H32N4O2.4ClH/c16-10-2-4-14(12(18)8-10)20-6-1-7-21-15-5-3-11(17)9-13(15)19;;;;/h10-15H,1-9,16-19H2;4*1H. The van der Waals surface area contributed by atoms with Gasteiger partial charge in [-0.15, -0.1) is 49.6 Å². The van der Waals surface area contributed by atoms with Gasteiger partial charge in [-0.1, -0.05) is 0 Å². The minimum Gasteiger partial charge on any atom is -0.377 e. The van der Waals surface area contributed by atoms with Crippen LogP contribution in [0.25, 0.3) is 0 Å². The van der Waals surface area contributed by atoms with Gasteiger partial charge in [-0.3, -0.25) is 0 Å². The largest absolute Gasteiger partial charge is 0.377 e. The first-order valence-electron chi connectivity index (χ1n) is 8.31. The Kier molecular flexibility index (Phi) is 19.5. The summed E-state index contributed by atoms with van der Waals surface area (Å²) in [6, 6.07) is 0.621. The molecule has 0 spiro atoms. The Balaban J connectivity index is -0.00000121. The van der Waals surface area contributed by atoms with E-state index in [2.05, 4.69) is 0 Å². The van der Waals surface area contributed by atoms with Crippen LogP contribution in [0.15, 0.2) is 0 Å². The second-order valence-corrected chi connectivity index (χ2v) is 6.65. The zero-order valence-corrected chi connectivity index (χ0v) is 17.9. The number of rotatable bonds is 6. The third-order valence-electron chi connectivity index (χ3n) is 4.70. The highest BCUT2D eigenvalue weighted by atomic mass is 35.5. The van der Waals surface area contributed by atoms with Gasteiger partial charge in [0.05, 0.1) is 12.2 Å². The number of nitrogens with two attached hydrogens (primary N) is 4. The van der Waals surface area contributed by atoms with Crippen LogP contribution >= 0.6 is 49.6 Å². The topological polar surface area (TPSA) is 123 Å². The summed E-state index contributed by atoms with van der Waals surface area (Å²) in [4.78, 5) is 0. The number of ether oxygens (including phenoxy) is 2. The van der Waals surface area contributed by atoms with E-state index in [4.69, 9.17) is 32.4 Å². The molecule has 0 bridgehead atoms. The van der Waals surface area contributed by atoms with Gasteiger partial charge < -0.3 is 32.4 Å². The molecule has 10 heteroatoms. The number of hydrogen-bond donors (Lipinski definition) is 4. The SMILES string of the molecule is Cl.Cl.Cl.Cl.NC1CCC(OCCCOC2CCC(N)CC2N)C(N)C1. The van der Waals surface area contributed by atoms with Crippen LogP contribution in [-0.4, -0.2) is 49.6 Å². The summed E-state index contributed by atoms with van der Waals surface area (Å²) in [7, 11) is 0. The molecule has 0 aromatic rings. The molecule has 2 saturated carbocycles. The third kappa shape index (κ3) is 10.7. The molecular weight excluding hydrogens is 410 g/mol. The maximum absolute atomic E-state index is 6.07. The molecule has 0 heterocycles. The molecule has 0 aromatic carbocycles. The predicted octanol–water partition coefficient (Wildman–Crippen LogP) is 1.51. The summed E-state index contributed by atoms with van der Waals surface area (Å²) in [6.07, 6.45) is 6.85. The first-order chi connectivity index (χ1) is 10.1. The van der Waals surface area contributed by atoms with E-state index in [0.29, 0.717) is 13.2 Å². The second kappa shape index (κ2) is 15.9. The highest BCUT2D eigenvalue weighted by molar-refractivity contribution is 5.86. The monoisotopic (exact) mass is 444 g/mol. The van der Waals surface area contributed by atoms with Gasteiger partial charge >= 0.3 is 0 Å². The Morgan fingerprint density at radius 3 is 1.28 bits per heavy atom. The lowest BCUT2D eigenvalue weighted by Crippen LogP contribution is -2.47. The van der Waals surface area contributed by atoms with Crippen molar-refractivity contribution in [1.82, 2.24) is 0 Å². The van der Waals surface area contributed by atoms with Crippen LogP contribution in [0.5, 0.6) is 0 Å². The molecule has 0 amide bonds. The molecule has 8 N–H and O–H groups in total. The van der Waals surface area contributed by atoms with Gasteiger partial charge in [-0.2, -0.15) is 0 Å². The van der Waals surface area contributed by atoms with Crippen molar-refractivity contribution in [3.05, 3.63) is 0 Å². The average molecular weight is 446 g/mol. The first kappa shape index (κ1) is 30.6. The molecular formula is C15H36Cl4N4O2. The fourth-order valence-corrected chi connectivity index (χ4v) is 3.37. The Bertz CT molecular complexity index is 293. The highest BCUT2D eigenvalue weighted by Gasteiger charge is 2.27. The quantitative estimate of drug-likeness (QED) is 0.459. The lowest BCUT2D eigenvalue weighted by atomic mass is 9.89. The average Bonchev–Trinajstić information content (AvgIpc) is 2.42. The number of hydrogen-bond acceptors (Lipinski definition) is 6. The smallest absolute Gasteiger partial charge is 0.0727 e. The minimum absolute atomic E-state index is 0. The van der Waals surface area contributed by atoms with Crippen LogP contribution in [0, 0.1) is 0 Å². The maximum atomic E-state index is 6.07. The Hall–Kier alpha value is 0.920. The second-order valence-electron chi connectivity index (χ2n) is 6.65. The van der Waals surface area contributed by atoms with E-state index in [9.17, 15) is 0 Å². The van der Waals surface area contributed by atoms with Crippen molar-refractivity contribution in [2.24, 2.45) is 22.9 Å². The molecule has 2 rings (SSSR count). The van der Waals surface area contributed by atoms with E-state index in [-0.39, 0.29) is 86.0 Å². The van der Waals surface area contributed by atoms with Gasteiger partial charge in [-0.25, -0.2) is 0 Å². The lowest BCUT2D eigenvalue weighted by molar-refractivity contribution is -0.0227. The molecule has 2 aliphatic rings. The highest BCUT2D eigenvalue weighted by Crippen LogP contribution is 2.20. The summed E-state index contributed by atoms with van der Waals surface area (Å²) < 4.78 is 11.7. The molecule has 0 saturated heterocycles. The van der Waals surface area contributed by atoms with E-state index in [1.165, 1.54) is 0 Å². The zero-order valence-electron chi connectivity index (χ0n) is 14.6. The zero-order chi connectivity index (χ0) is 15.2. The molecule has 6 unspecified atom stereocenters. The van der Waals surface area contributed by atoms with Crippen molar-refractivity contribution in [3.63, 3.8) is 0 Å². The Morgan fingerprint density at radius 1 is 0.600 bits per heavy atom. The lowest BCUT2D eigenvalue weighted by Gasteiger charge is -2.33. The Labute approximate surface area is 176 Å². The van der Waals surface area contributed by atoms with E-state index < -0.39 is 0 Å². The summed E-state index contributed by atoms with van der Waals surface area (Å²) in [5, 5.41) is 0. The van der Waals surface area contributed by atoms with Gasteiger partial charge in [0.15, 0.2) is 0 Å². The fraction of sp³-hybridized carbons (Fsp3) is 1.00. The van der Waals surface area contributed by atoms with Crippen molar-refractivity contribution < 1.29 is 9.47 Å². The number of halogens is 4. The third-order valence-corrected chi connectivity index (χ3v) is 4.70. The molecule has 6 nitrogen and oxygen atoms in total. The van der Waals surface area contributed by atoms with Crippen molar-refractivity contribution in [2.45, 2.75) is 81.3 Å². The van der Waals surface area contributed by atoms with E-state index >= 15 is 0 Å². The van der Waals surface area contributed by atoms with Gasteiger partial charge in [0, 0.05) is 37.4 Å². The van der Waals surface area contributed by atoms with Crippen molar-refractivity contribution in [3.8, 4) is 0 Å². The summed E-state index contributed by atoms with van der Waals surface area (Å²) >= 11 is 0. The molecule has 6 atom stereocenters. The van der Waals surface area contributed by atoms with Gasteiger partial charge in [0.2, 0.25) is 0 Å². The summed E-state index contributed by atoms with van der Waals surface area (Å²) in [5.41, 5.74) is 23.9.